The number of aliphatic imine (C=N–C) groups is 1. The predicted molar refractivity (Wildman–Crippen MR) is 121 cm³/mol. The lowest BCUT2D eigenvalue weighted by Crippen LogP contribution is -2.43. The molecule has 0 unspecified atom stereocenters. The van der Waals surface area contributed by atoms with E-state index in [1.807, 2.05) is 48.1 Å². The fourth-order valence-electron chi connectivity index (χ4n) is 2.34. The van der Waals surface area contributed by atoms with Gasteiger partial charge in [0.15, 0.2) is 5.96 Å². The molecule has 0 aliphatic rings. The number of methoxy groups -OCH3 is 1. The molecular formula is C19H29IN6O2. The SMILES string of the molecule is COCCNC(=NCc1ccccc1-n1ccc(C)n1)NCC(=O)N(C)C.I. The molecule has 0 aliphatic carbocycles. The molecule has 2 aromatic rings. The number of aryl methyl sites for hydroxylation is 1. The molecule has 1 aromatic carbocycles. The van der Waals surface area contributed by atoms with E-state index in [9.17, 15) is 4.79 Å². The molecule has 0 saturated carbocycles. The molecule has 0 radical (unpaired) electrons. The van der Waals surface area contributed by atoms with Crippen LogP contribution in [0.4, 0.5) is 0 Å². The summed E-state index contributed by atoms with van der Waals surface area (Å²) in [7, 11) is 5.09. The Morgan fingerprint density at radius 2 is 2.00 bits per heavy atom. The Balaban J connectivity index is 0.00000392. The zero-order valence-corrected chi connectivity index (χ0v) is 19.1. The fraction of sp³-hybridized carbons (Fsp3) is 0.421. The van der Waals surface area contributed by atoms with Crippen molar-refractivity contribution in [1.82, 2.24) is 25.3 Å². The summed E-state index contributed by atoms with van der Waals surface area (Å²) in [5.74, 6) is 0.539. The predicted octanol–water partition coefficient (Wildman–Crippen LogP) is 1.57. The number of benzene rings is 1. The molecule has 1 heterocycles. The van der Waals surface area contributed by atoms with Crippen LogP contribution >= 0.6 is 24.0 Å². The maximum Gasteiger partial charge on any atom is 0.241 e. The molecule has 154 valence electrons. The fourth-order valence-corrected chi connectivity index (χ4v) is 2.34. The third-order valence-corrected chi connectivity index (χ3v) is 3.87. The maximum atomic E-state index is 11.8. The van der Waals surface area contributed by atoms with Crippen molar-refractivity contribution in [1.29, 1.82) is 0 Å². The van der Waals surface area contributed by atoms with Gasteiger partial charge in [-0.25, -0.2) is 9.67 Å². The van der Waals surface area contributed by atoms with Crippen molar-refractivity contribution in [3.63, 3.8) is 0 Å². The van der Waals surface area contributed by atoms with E-state index >= 15 is 0 Å². The van der Waals surface area contributed by atoms with E-state index in [-0.39, 0.29) is 36.4 Å². The number of hydrogen-bond acceptors (Lipinski definition) is 4. The van der Waals surface area contributed by atoms with Crippen molar-refractivity contribution in [2.75, 3.05) is 40.9 Å². The second kappa shape index (κ2) is 12.3. The highest BCUT2D eigenvalue weighted by atomic mass is 127. The van der Waals surface area contributed by atoms with Crippen molar-refractivity contribution in [2.45, 2.75) is 13.5 Å². The van der Waals surface area contributed by atoms with Crippen molar-refractivity contribution in [3.05, 3.63) is 47.8 Å². The number of nitrogens with one attached hydrogen (secondary N) is 2. The average Bonchev–Trinajstić information content (AvgIpc) is 3.09. The standard InChI is InChI=1S/C19H28N6O2.HI/c1-15-9-11-25(23-15)17-8-6-5-7-16(17)13-21-19(20-10-12-27-4)22-14-18(26)24(2)3;/h5-9,11H,10,12-14H2,1-4H3,(H2,20,21,22);1H. The lowest BCUT2D eigenvalue weighted by atomic mass is 10.2. The van der Waals surface area contributed by atoms with Crippen LogP contribution in [-0.2, 0) is 16.1 Å². The first-order valence-corrected chi connectivity index (χ1v) is 8.83. The Bertz CT molecular complexity index is 775. The molecule has 0 fully saturated rings. The molecule has 0 atom stereocenters. The van der Waals surface area contributed by atoms with Crippen LogP contribution in [0.2, 0.25) is 0 Å². The van der Waals surface area contributed by atoms with Crippen molar-refractivity contribution in [2.24, 2.45) is 4.99 Å². The van der Waals surface area contributed by atoms with Gasteiger partial charge in [0.25, 0.3) is 0 Å². The molecule has 0 bridgehead atoms. The number of amides is 1. The second-order valence-corrected chi connectivity index (χ2v) is 6.26. The van der Waals surface area contributed by atoms with Crippen LogP contribution in [0.15, 0.2) is 41.5 Å². The number of likely N-dealkylation sites (N-methyl/N-ethyl adjacent to an activating group) is 1. The van der Waals surface area contributed by atoms with Gasteiger partial charge in [0.1, 0.15) is 0 Å². The van der Waals surface area contributed by atoms with Crippen LogP contribution in [0, 0.1) is 6.92 Å². The number of hydrogen-bond donors (Lipinski definition) is 2. The molecule has 0 aliphatic heterocycles. The van der Waals surface area contributed by atoms with E-state index in [1.165, 1.54) is 4.90 Å². The summed E-state index contributed by atoms with van der Waals surface area (Å²) >= 11 is 0. The molecule has 2 rings (SSSR count). The molecule has 1 amide bonds. The number of ether oxygens (including phenoxy) is 1. The number of nitrogens with zero attached hydrogens (tertiary/aromatic N) is 4. The first kappa shape index (κ1) is 23.9. The number of aromatic nitrogens is 2. The summed E-state index contributed by atoms with van der Waals surface area (Å²) in [4.78, 5) is 18.0. The molecule has 0 saturated heterocycles. The summed E-state index contributed by atoms with van der Waals surface area (Å²) in [6.45, 7) is 3.73. The highest BCUT2D eigenvalue weighted by Crippen LogP contribution is 2.15. The van der Waals surface area contributed by atoms with Gasteiger partial charge >= 0.3 is 0 Å². The summed E-state index contributed by atoms with van der Waals surface area (Å²) in [6, 6.07) is 9.95. The average molecular weight is 500 g/mol. The molecule has 2 N–H and O–H groups in total. The summed E-state index contributed by atoms with van der Waals surface area (Å²) in [5, 5.41) is 10.7. The van der Waals surface area contributed by atoms with Crippen LogP contribution in [0.3, 0.4) is 0 Å². The van der Waals surface area contributed by atoms with E-state index in [4.69, 9.17) is 4.74 Å². The normalized spacial score (nSPS) is 10.9. The van der Waals surface area contributed by atoms with Gasteiger partial charge in [0.05, 0.1) is 31.1 Å². The van der Waals surface area contributed by atoms with E-state index < -0.39 is 0 Å². The maximum absolute atomic E-state index is 11.8. The minimum atomic E-state index is -0.0244. The Labute approximate surface area is 183 Å². The monoisotopic (exact) mass is 500 g/mol. The van der Waals surface area contributed by atoms with Crippen molar-refractivity contribution < 1.29 is 9.53 Å². The Hall–Kier alpha value is -2.14. The van der Waals surface area contributed by atoms with E-state index in [0.717, 1.165) is 16.9 Å². The van der Waals surface area contributed by atoms with Gasteiger partial charge in [-0.05, 0) is 24.6 Å². The van der Waals surface area contributed by atoms with Crippen LogP contribution in [0.5, 0.6) is 0 Å². The van der Waals surface area contributed by atoms with Gasteiger partial charge < -0.3 is 20.3 Å². The largest absolute Gasteiger partial charge is 0.383 e. The van der Waals surface area contributed by atoms with Crippen LogP contribution in [0.25, 0.3) is 5.69 Å². The van der Waals surface area contributed by atoms with Gasteiger partial charge in [-0.15, -0.1) is 24.0 Å². The highest BCUT2D eigenvalue weighted by Gasteiger charge is 2.08. The van der Waals surface area contributed by atoms with Gasteiger partial charge in [-0.1, -0.05) is 18.2 Å². The number of halogens is 1. The van der Waals surface area contributed by atoms with Gasteiger partial charge in [-0.2, -0.15) is 5.10 Å². The molecule has 9 heteroatoms. The minimum Gasteiger partial charge on any atom is -0.383 e. The third-order valence-electron chi connectivity index (χ3n) is 3.87. The summed E-state index contributed by atoms with van der Waals surface area (Å²) < 4.78 is 6.91. The molecular weight excluding hydrogens is 471 g/mol. The Morgan fingerprint density at radius 3 is 2.64 bits per heavy atom. The molecule has 1 aromatic heterocycles. The number of guanidine groups is 1. The highest BCUT2D eigenvalue weighted by molar-refractivity contribution is 14.0. The number of para-hydroxylation sites is 1. The molecule has 8 nitrogen and oxygen atoms in total. The summed E-state index contributed by atoms with van der Waals surface area (Å²) in [5.41, 5.74) is 2.97. The number of carbonyl (C=O) groups is 1. The number of rotatable bonds is 8. The molecule has 28 heavy (non-hydrogen) atoms. The topological polar surface area (TPSA) is 83.8 Å². The first-order valence-electron chi connectivity index (χ1n) is 8.83. The van der Waals surface area contributed by atoms with Crippen LogP contribution in [0.1, 0.15) is 11.3 Å². The van der Waals surface area contributed by atoms with Gasteiger partial charge in [0.2, 0.25) is 5.91 Å². The lowest BCUT2D eigenvalue weighted by Gasteiger charge is -2.15. The Morgan fingerprint density at radius 1 is 1.25 bits per heavy atom. The van der Waals surface area contributed by atoms with Gasteiger partial charge in [0, 0.05) is 33.9 Å². The zero-order valence-electron chi connectivity index (χ0n) is 16.8. The van der Waals surface area contributed by atoms with E-state index in [1.54, 1.807) is 21.2 Å². The van der Waals surface area contributed by atoms with Crippen LogP contribution < -0.4 is 10.6 Å². The van der Waals surface area contributed by atoms with Crippen molar-refractivity contribution in [3.8, 4) is 5.69 Å². The Kier molecular flexibility index (Phi) is 10.5. The third kappa shape index (κ3) is 7.47. The van der Waals surface area contributed by atoms with Gasteiger partial charge in [-0.3, -0.25) is 4.79 Å². The molecule has 0 spiro atoms. The van der Waals surface area contributed by atoms with Crippen LogP contribution in [-0.4, -0.2) is 67.4 Å². The zero-order chi connectivity index (χ0) is 19.6. The van der Waals surface area contributed by atoms with Crippen molar-refractivity contribution >= 4 is 35.8 Å². The minimum absolute atomic E-state index is 0. The number of carbonyl (C=O) groups excluding carboxylic acids is 1. The summed E-state index contributed by atoms with van der Waals surface area (Å²) in [6.07, 6.45) is 1.93. The first-order chi connectivity index (χ1) is 13.0. The lowest BCUT2D eigenvalue weighted by molar-refractivity contribution is -0.127. The van der Waals surface area contributed by atoms with E-state index in [2.05, 4.69) is 20.7 Å². The quantitative estimate of drug-likeness (QED) is 0.249. The smallest absolute Gasteiger partial charge is 0.241 e. The second-order valence-electron chi connectivity index (χ2n) is 6.26. The van der Waals surface area contributed by atoms with E-state index in [0.29, 0.717) is 25.7 Å².